The molecule has 0 aliphatic heterocycles. The molecule has 1 aromatic rings. The minimum absolute atomic E-state index is 0.130. The number of anilines is 1. The van der Waals surface area contributed by atoms with Crippen LogP contribution in [0.2, 0.25) is 0 Å². The Hall–Kier alpha value is -1.55. The lowest BCUT2D eigenvalue weighted by Crippen LogP contribution is -2.29. The number of carbonyl (C=O) groups excluding carboxylic acids is 1. The molecule has 1 aliphatic carbocycles. The van der Waals surface area contributed by atoms with E-state index in [9.17, 15) is 4.79 Å². The van der Waals surface area contributed by atoms with Crippen molar-refractivity contribution >= 4 is 11.6 Å². The highest BCUT2D eigenvalue weighted by molar-refractivity contribution is 5.99. The van der Waals surface area contributed by atoms with Crippen molar-refractivity contribution < 1.29 is 9.53 Å². The first-order valence-corrected chi connectivity index (χ1v) is 7.43. The summed E-state index contributed by atoms with van der Waals surface area (Å²) in [6, 6.07) is 5.47. The van der Waals surface area contributed by atoms with Gasteiger partial charge in [-0.05, 0) is 37.5 Å². The number of rotatable bonds is 5. The summed E-state index contributed by atoms with van der Waals surface area (Å²) in [5.41, 5.74) is 7.97. The quantitative estimate of drug-likeness (QED) is 0.642. The molecular formula is C16H24N2O2. The van der Waals surface area contributed by atoms with Gasteiger partial charge in [-0.25, -0.2) is 0 Å². The van der Waals surface area contributed by atoms with Gasteiger partial charge >= 0.3 is 0 Å². The maximum absolute atomic E-state index is 12.0. The normalized spacial score (nSPS) is 16.1. The highest BCUT2D eigenvalue weighted by atomic mass is 16.5. The van der Waals surface area contributed by atoms with E-state index < -0.39 is 0 Å². The van der Waals surface area contributed by atoms with Crippen molar-refractivity contribution in [2.45, 2.75) is 45.1 Å². The van der Waals surface area contributed by atoms with Crippen molar-refractivity contribution in [2.24, 2.45) is 0 Å². The molecule has 20 heavy (non-hydrogen) atoms. The van der Waals surface area contributed by atoms with Gasteiger partial charge in [0.25, 0.3) is 5.91 Å². The second-order valence-corrected chi connectivity index (χ2v) is 5.48. The van der Waals surface area contributed by atoms with Gasteiger partial charge in [0.1, 0.15) is 0 Å². The lowest BCUT2D eigenvalue weighted by atomic mass is 9.98. The van der Waals surface area contributed by atoms with Gasteiger partial charge in [0, 0.05) is 12.2 Å². The van der Waals surface area contributed by atoms with E-state index in [0.717, 1.165) is 18.4 Å². The molecular weight excluding hydrogens is 252 g/mol. The van der Waals surface area contributed by atoms with Gasteiger partial charge in [-0.1, -0.05) is 25.3 Å². The summed E-state index contributed by atoms with van der Waals surface area (Å²) < 4.78 is 5.77. The minimum Gasteiger partial charge on any atom is -0.398 e. The highest BCUT2D eigenvalue weighted by Gasteiger charge is 2.14. The zero-order valence-corrected chi connectivity index (χ0v) is 12.2. The Kier molecular flexibility index (Phi) is 5.41. The topological polar surface area (TPSA) is 64.3 Å². The third kappa shape index (κ3) is 4.23. The number of nitrogens with one attached hydrogen (secondary N) is 1. The Bertz CT molecular complexity index is 454. The third-order valence-electron chi connectivity index (χ3n) is 3.75. The average Bonchev–Trinajstić information content (AvgIpc) is 2.44. The molecule has 2 rings (SSSR count). The van der Waals surface area contributed by atoms with E-state index in [1.807, 2.05) is 19.1 Å². The van der Waals surface area contributed by atoms with Crippen molar-refractivity contribution in [3.63, 3.8) is 0 Å². The first-order chi connectivity index (χ1) is 9.66. The fourth-order valence-electron chi connectivity index (χ4n) is 2.61. The average molecular weight is 276 g/mol. The Morgan fingerprint density at radius 2 is 2.10 bits per heavy atom. The first kappa shape index (κ1) is 14.9. The number of ether oxygens (including phenoxy) is 1. The van der Waals surface area contributed by atoms with Crippen LogP contribution < -0.4 is 11.1 Å². The van der Waals surface area contributed by atoms with Crippen molar-refractivity contribution in [3.8, 4) is 0 Å². The van der Waals surface area contributed by atoms with E-state index in [1.165, 1.54) is 19.3 Å². The van der Waals surface area contributed by atoms with E-state index in [2.05, 4.69) is 5.32 Å². The van der Waals surface area contributed by atoms with Gasteiger partial charge in [0.05, 0.1) is 18.3 Å². The van der Waals surface area contributed by atoms with E-state index in [1.54, 1.807) is 6.07 Å². The molecule has 1 aromatic carbocycles. The lowest BCUT2D eigenvalue weighted by molar-refractivity contribution is 0.0299. The number of nitrogens with two attached hydrogens (primary N) is 1. The van der Waals surface area contributed by atoms with Crippen LogP contribution >= 0.6 is 0 Å². The Morgan fingerprint density at radius 3 is 2.80 bits per heavy atom. The van der Waals surface area contributed by atoms with Crippen LogP contribution in [-0.2, 0) is 4.74 Å². The smallest absolute Gasteiger partial charge is 0.253 e. The van der Waals surface area contributed by atoms with Crippen LogP contribution in [0.25, 0.3) is 0 Å². The van der Waals surface area contributed by atoms with Crippen LogP contribution in [0.3, 0.4) is 0 Å². The molecule has 110 valence electrons. The Balaban J connectivity index is 1.72. The van der Waals surface area contributed by atoms with E-state index in [0.29, 0.717) is 30.5 Å². The van der Waals surface area contributed by atoms with Gasteiger partial charge in [-0.3, -0.25) is 4.79 Å². The van der Waals surface area contributed by atoms with Crippen molar-refractivity contribution in [3.05, 3.63) is 29.3 Å². The van der Waals surface area contributed by atoms with Gasteiger partial charge in [0.2, 0.25) is 0 Å². The number of aryl methyl sites for hydroxylation is 1. The first-order valence-electron chi connectivity index (χ1n) is 7.43. The molecule has 0 atom stereocenters. The highest BCUT2D eigenvalue weighted by Crippen LogP contribution is 2.20. The Labute approximate surface area is 120 Å². The molecule has 1 aliphatic rings. The van der Waals surface area contributed by atoms with Gasteiger partial charge in [-0.2, -0.15) is 0 Å². The summed E-state index contributed by atoms with van der Waals surface area (Å²) >= 11 is 0. The molecule has 0 heterocycles. The summed E-state index contributed by atoms with van der Waals surface area (Å²) in [5.74, 6) is -0.130. The molecule has 0 saturated heterocycles. The molecule has 0 unspecified atom stereocenters. The molecule has 4 heteroatoms. The number of amides is 1. The molecule has 1 saturated carbocycles. The number of nitrogen functional groups attached to an aromatic ring is 1. The summed E-state index contributed by atoms with van der Waals surface area (Å²) in [6.07, 6.45) is 6.53. The monoisotopic (exact) mass is 276 g/mol. The minimum atomic E-state index is -0.130. The molecule has 3 N–H and O–H groups in total. The van der Waals surface area contributed by atoms with Crippen LogP contribution in [0.1, 0.15) is 48.0 Å². The van der Waals surface area contributed by atoms with Crippen LogP contribution in [-0.4, -0.2) is 25.2 Å². The third-order valence-corrected chi connectivity index (χ3v) is 3.75. The molecule has 1 amide bonds. The largest absolute Gasteiger partial charge is 0.398 e. The number of hydrogen-bond acceptors (Lipinski definition) is 3. The fourth-order valence-corrected chi connectivity index (χ4v) is 2.61. The van der Waals surface area contributed by atoms with Gasteiger partial charge in [0.15, 0.2) is 0 Å². The summed E-state index contributed by atoms with van der Waals surface area (Å²) in [4.78, 5) is 12.0. The van der Waals surface area contributed by atoms with E-state index >= 15 is 0 Å². The molecule has 4 nitrogen and oxygen atoms in total. The number of carbonyl (C=O) groups is 1. The second kappa shape index (κ2) is 7.29. The van der Waals surface area contributed by atoms with E-state index in [-0.39, 0.29) is 5.91 Å². The molecule has 0 bridgehead atoms. The molecule has 0 radical (unpaired) electrons. The SMILES string of the molecule is Cc1ccc(C(=O)NCCOC2CCCCC2)c(N)c1. The van der Waals surface area contributed by atoms with Crippen LogP contribution in [0.4, 0.5) is 5.69 Å². The molecule has 1 fully saturated rings. The predicted octanol–water partition coefficient (Wildman–Crippen LogP) is 2.66. The summed E-state index contributed by atoms with van der Waals surface area (Å²) in [6.45, 7) is 3.06. The molecule has 0 aromatic heterocycles. The van der Waals surface area contributed by atoms with Crippen LogP contribution in [0.5, 0.6) is 0 Å². The summed E-state index contributed by atoms with van der Waals surface area (Å²) in [5, 5.41) is 2.85. The maximum Gasteiger partial charge on any atom is 0.253 e. The number of benzene rings is 1. The van der Waals surface area contributed by atoms with Crippen molar-refractivity contribution in [2.75, 3.05) is 18.9 Å². The fraction of sp³-hybridized carbons (Fsp3) is 0.562. The van der Waals surface area contributed by atoms with Gasteiger partial charge in [-0.15, -0.1) is 0 Å². The zero-order valence-electron chi connectivity index (χ0n) is 12.2. The zero-order chi connectivity index (χ0) is 14.4. The van der Waals surface area contributed by atoms with Gasteiger partial charge < -0.3 is 15.8 Å². The lowest BCUT2D eigenvalue weighted by Gasteiger charge is -2.22. The standard InChI is InChI=1S/C16H24N2O2/c1-12-7-8-14(15(17)11-12)16(19)18-9-10-20-13-5-3-2-4-6-13/h7-8,11,13H,2-6,9-10,17H2,1H3,(H,18,19). The predicted molar refractivity (Wildman–Crippen MR) is 80.7 cm³/mol. The van der Waals surface area contributed by atoms with Crippen LogP contribution in [0, 0.1) is 6.92 Å². The van der Waals surface area contributed by atoms with Crippen molar-refractivity contribution in [1.82, 2.24) is 5.32 Å². The van der Waals surface area contributed by atoms with Crippen LogP contribution in [0.15, 0.2) is 18.2 Å². The second-order valence-electron chi connectivity index (χ2n) is 5.48. The molecule has 0 spiro atoms. The Morgan fingerprint density at radius 1 is 1.35 bits per heavy atom. The summed E-state index contributed by atoms with van der Waals surface area (Å²) in [7, 11) is 0. The number of hydrogen-bond donors (Lipinski definition) is 2. The van der Waals surface area contributed by atoms with E-state index in [4.69, 9.17) is 10.5 Å². The maximum atomic E-state index is 12.0. The van der Waals surface area contributed by atoms with Crippen molar-refractivity contribution in [1.29, 1.82) is 0 Å².